The van der Waals surface area contributed by atoms with Crippen LogP contribution in [-0.2, 0) is 9.53 Å². The standard InChI is InChI=1S/C14H24N2O2/c15-12-10-6-7-18-14(10)13(12)16-11(17)8-9-4-2-1-3-5-9/h9-10,12-14H,1-8,15H2,(H,16,17). The highest BCUT2D eigenvalue weighted by Gasteiger charge is 2.52. The van der Waals surface area contributed by atoms with Gasteiger partial charge in [-0.05, 0) is 25.2 Å². The summed E-state index contributed by atoms with van der Waals surface area (Å²) in [5.41, 5.74) is 6.09. The van der Waals surface area contributed by atoms with Crippen molar-refractivity contribution in [1.82, 2.24) is 5.32 Å². The molecule has 3 rings (SSSR count). The van der Waals surface area contributed by atoms with E-state index in [4.69, 9.17) is 10.5 Å². The third-order valence-corrected chi connectivity index (χ3v) is 4.97. The molecule has 0 spiro atoms. The lowest BCUT2D eigenvalue weighted by Gasteiger charge is -2.45. The van der Waals surface area contributed by atoms with Gasteiger partial charge in [-0.1, -0.05) is 19.3 Å². The normalized spacial score (nSPS) is 40.1. The molecule has 4 heteroatoms. The number of carbonyl (C=O) groups excluding carboxylic acids is 1. The van der Waals surface area contributed by atoms with Crippen LogP contribution in [-0.4, -0.2) is 30.7 Å². The van der Waals surface area contributed by atoms with Crippen molar-refractivity contribution >= 4 is 5.91 Å². The molecular formula is C14H24N2O2. The molecule has 0 aromatic heterocycles. The lowest BCUT2D eigenvalue weighted by molar-refractivity contribution is -0.126. The summed E-state index contributed by atoms with van der Waals surface area (Å²) < 4.78 is 5.63. The van der Waals surface area contributed by atoms with Crippen molar-refractivity contribution in [3.63, 3.8) is 0 Å². The number of nitrogens with one attached hydrogen (secondary N) is 1. The van der Waals surface area contributed by atoms with E-state index < -0.39 is 0 Å². The molecule has 0 radical (unpaired) electrons. The number of carbonyl (C=O) groups is 1. The third kappa shape index (κ3) is 2.28. The summed E-state index contributed by atoms with van der Waals surface area (Å²) in [5.74, 6) is 1.25. The van der Waals surface area contributed by atoms with Gasteiger partial charge in [0.05, 0.1) is 12.1 Å². The Kier molecular flexibility index (Phi) is 3.57. The molecule has 1 aliphatic heterocycles. The fraction of sp³-hybridized carbons (Fsp3) is 0.929. The summed E-state index contributed by atoms with van der Waals surface area (Å²) in [6.07, 6.45) is 8.27. The molecule has 4 atom stereocenters. The van der Waals surface area contributed by atoms with E-state index in [0.29, 0.717) is 18.3 Å². The average Bonchev–Trinajstić information content (AvgIpc) is 2.82. The number of ether oxygens (including phenoxy) is 1. The van der Waals surface area contributed by atoms with Crippen molar-refractivity contribution in [1.29, 1.82) is 0 Å². The predicted octanol–water partition coefficient (Wildman–Crippen LogP) is 1.19. The minimum atomic E-state index is 0.0635. The molecule has 4 unspecified atom stereocenters. The molecule has 3 N–H and O–H groups in total. The molecule has 3 fully saturated rings. The maximum Gasteiger partial charge on any atom is 0.220 e. The highest BCUT2D eigenvalue weighted by molar-refractivity contribution is 5.77. The van der Waals surface area contributed by atoms with Crippen LogP contribution in [0.2, 0.25) is 0 Å². The molecule has 4 nitrogen and oxygen atoms in total. The fourth-order valence-corrected chi connectivity index (χ4v) is 3.83. The van der Waals surface area contributed by atoms with Crippen LogP contribution >= 0.6 is 0 Å². The third-order valence-electron chi connectivity index (χ3n) is 4.97. The first-order valence-electron chi connectivity index (χ1n) is 7.42. The summed E-state index contributed by atoms with van der Waals surface area (Å²) in [7, 11) is 0. The minimum absolute atomic E-state index is 0.0635. The largest absolute Gasteiger partial charge is 0.376 e. The zero-order valence-electron chi connectivity index (χ0n) is 10.9. The Labute approximate surface area is 109 Å². The van der Waals surface area contributed by atoms with Gasteiger partial charge in [-0.2, -0.15) is 0 Å². The van der Waals surface area contributed by atoms with Crippen molar-refractivity contribution in [3.8, 4) is 0 Å². The number of amides is 1. The van der Waals surface area contributed by atoms with Crippen LogP contribution in [0.4, 0.5) is 0 Å². The van der Waals surface area contributed by atoms with Gasteiger partial charge in [-0.3, -0.25) is 4.79 Å². The molecule has 0 bridgehead atoms. The van der Waals surface area contributed by atoms with E-state index in [-0.39, 0.29) is 24.1 Å². The number of nitrogens with two attached hydrogens (primary N) is 1. The van der Waals surface area contributed by atoms with Crippen molar-refractivity contribution in [2.45, 2.75) is 63.1 Å². The van der Waals surface area contributed by atoms with Gasteiger partial charge in [-0.15, -0.1) is 0 Å². The lowest BCUT2D eigenvalue weighted by atomic mass is 9.72. The van der Waals surface area contributed by atoms with Gasteiger partial charge in [0, 0.05) is 25.0 Å². The van der Waals surface area contributed by atoms with Gasteiger partial charge in [0.2, 0.25) is 5.91 Å². The maximum atomic E-state index is 12.0. The average molecular weight is 252 g/mol. The molecule has 2 aliphatic carbocycles. The number of rotatable bonds is 3. The van der Waals surface area contributed by atoms with E-state index in [2.05, 4.69) is 5.32 Å². The van der Waals surface area contributed by atoms with Crippen LogP contribution in [0.15, 0.2) is 0 Å². The number of hydrogen-bond donors (Lipinski definition) is 2. The molecular weight excluding hydrogens is 228 g/mol. The zero-order valence-corrected chi connectivity index (χ0v) is 10.9. The van der Waals surface area contributed by atoms with Gasteiger partial charge in [0.15, 0.2) is 0 Å². The molecule has 0 aromatic rings. The summed E-state index contributed by atoms with van der Waals surface area (Å²) in [4.78, 5) is 12.0. The predicted molar refractivity (Wildman–Crippen MR) is 68.9 cm³/mol. The molecule has 2 saturated carbocycles. The van der Waals surface area contributed by atoms with E-state index >= 15 is 0 Å². The van der Waals surface area contributed by atoms with Crippen molar-refractivity contribution in [2.75, 3.05) is 6.61 Å². The fourth-order valence-electron chi connectivity index (χ4n) is 3.83. The zero-order chi connectivity index (χ0) is 12.5. The van der Waals surface area contributed by atoms with Crippen LogP contribution < -0.4 is 11.1 Å². The molecule has 0 aromatic carbocycles. The quantitative estimate of drug-likeness (QED) is 0.793. The summed E-state index contributed by atoms with van der Waals surface area (Å²) >= 11 is 0. The van der Waals surface area contributed by atoms with Crippen molar-refractivity contribution in [2.24, 2.45) is 17.6 Å². The van der Waals surface area contributed by atoms with Crippen LogP contribution in [0.3, 0.4) is 0 Å². The van der Waals surface area contributed by atoms with E-state index in [0.717, 1.165) is 13.0 Å². The Bertz CT molecular complexity index is 315. The van der Waals surface area contributed by atoms with Crippen molar-refractivity contribution in [3.05, 3.63) is 0 Å². The van der Waals surface area contributed by atoms with Crippen LogP contribution in [0.25, 0.3) is 0 Å². The lowest BCUT2D eigenvalue weighted by Crippen LogP contribution is -2.69. The van der Waals surface area contributed by atoms with E-state index in [1.54, 1.807) is 0 Å². The van der Waals surface area contributed by atoms with Gasteiger partial charge < -0.3 is 15.8 Å². The monoisotopic (exact) mass is 252 g/mol. The first kappa shape index (κ1) is 12.4. The van der Waals surface area contributed by atoms with Gasteiger partial charge in [0.25, 0.3) is 0 Å². The van der Waals surface area contributed by atoms with E-state index in [1.807, 2.05) is 0 Å². The summed E-state index contributed by atoms with van der Waals surface area (Å²) in [5, 5.41) is 3.10. The topological polar surface area (TPSA) is 64.3 Å². The molecule has 102 valence electrons. The van der Waals surface area contributed by atoms with Crippen LogP contribution in [0.1, 0.15) is 44.9 Å². The number of hydrogen-bond acceptors (Lipinski definition) is 3. The minimum Gasteiger partial charge on any atom is -0.376 e. The van der Waals surface area contributed by atoms with Crippen LogP contribution in [0.5, 0.6) is 0 Å². The number of fused-ring (bicyclic) bond motifs is 1. The van der Waals surface area contributed by atoms with E-state index in [1.165, 1.54) is 32.1 Å². The Hall–Kier alpha value is -0.610. The second-order valence-corrected chi connectivity index (χ2v) is 6.17. The van der Waals surface area contributed by atoms with E-state index in [9.17, 15) is 4.79 Å². The molecule has 18 heavy (non-hydrogen) atoms. The SMILES string of the molecule is NC1C2CCOC2C1NC(=O)CC1CCCCC1. The molecule has 1 heterocycles. The summed E-state index contributed by atoms with van der Waals surface area (Å²) in [6, 6.07) is 0.168. The highest BCUT2D eigenvalue weighted by Crippen LogP contribution is 2.38. The smallest absolute Gasteiger partial charge is 0.220 e. The first-order chi connectivity index (χ1) is 8.75. The molecule has 3 aliphatic rings. The van der Waals surface area contributed by atoms with Crippen LogP contribution in [0, 0.1) is 11.8 Å². The summed E-state index contributed by atoms with van der Waals surface area (Å²) in [6.45, 7) is 0.804. The van der Waals surface area contributed by atoms with Crippen molar-refractivity contribution < 1.29 is 9.53 Å². The Morgan fingerprint density at radius 2 is 2.00 bits per heavy atom. The van der Waals surface area contributed by atoms with Gasteiger partial charge in [-0.25, -0.2) is 0 Å². The van der Waals surface area contributed by atoms with Gasteiger partial charge in [0.1, 0.15) is 0 Å². The molecule has 1 amide bonds. The Balaban J connectivity index is 1.46. The Morgan fingerprint density at radius 1 is 1.22 bits per heavy atom. The first-order valence-corrected chi connectivity index (χ1v) is 7.42. The molecule has 1 saturated heterocycles. The highest BCUT2D eigenvalue weighted by atomic mass is 16.5. The maximum absolute atomic E-state index is 12.0. The second-order valence-electron chi connectivity index (χ2n) is 6.17. The van der Waals surface area contributed by atoms with Gasteiger partial charge >= 0.3 is 0 Å². The second kappa shape index (κ2) is 5.17. The Morgan fingerprint density at radius 3 is 2.78 bits per heavy atom.